The van der Waals surface area contributed by atoms with Crippen LogP contribution in [0, 0.1) is 0 Å². The number of carbonyl (C=O) groups is 1. The number of piperidine rings is 1. The third-order valence-corrected chi connectivity index (χ3v) is 6.24. The average molecular weight is 318 g/mol. The summed E-state index contributed by atoms with van der Waals surface area (Å²) in [6.07, 6.45) is 2.62. The van der Waals surface area contributed by atoms with Crippen molar-refractivity contribution in [2.24, 2.45) is 0 Å². The molecule has 2 amide bonds. The average Bonchev–Trinajstić information content (AvgIpc) is 2.85. The second-order valence-electron chi connectivity index (χ2n) is 5.95. The molecule has 21 heavy (non-hydrogen) atoms. The number of likely N-dealkylation sites (tertiary alicyclic amines) is 1. The molecule has 0 aliphatic carbocycles. The van der Waals surface area contributed by atoms with Crippen molar-refractivity contribution in [3.63, 3.8) is 0 Å². The molecule has 7 nitrogen and oxygen atoms in total. The molecule has 0 aromatic rings. The van der Waals surface area contributed by atoms with Crippen molar-refractivity contribution in [3.05, 3.63) is 0 Å². The van der Waals surface area contributed by atoms with Gasteiger partial charge in [0.05, 0.1) is 5.75 Å². The maximum Gasteiger partial charge on any atom is 0.317 e. The summed E-state index contributed by atoms with van der Waals surface area (Å²) in [7, 11) is 0.0581. The van der Waals surface area contributed by atoms with Gasteiger partial charge in [0.1, 0.15) is 0 Å². The van der Waals surface area contributed by atoms with E-state index in [1.165, 1.54) is 4.31 Å². The predicted molar refractivity (Wildman–Crippen MR) is 81.7 cm³/mol. The number of hydrogen-bond donors (Lipinski definition) is 1. The van der Waals surface area contributed by atoms with Crippen molar-refractivity contribution in [3.8, 4) is 0 Å². The summed E-state index contributed by atoms with van der Waals surface area (Å²) >= 11 is 0. The molecule has 2 rings (SSSR count). The molecule has 2 saturated heterocycles. The van der Waals surface area contributed by atoms with Crippen LogP contribution in [0.15, 0.2) is 0 Å². The minimum atomic E-state index is -3.08. The van der Waals surface area contributed by atoms with Crippen LogP contribution in [0.1, 0.15) is 19.3 Å². The van der Waals surface area contributed by atoms with Gasteiger partial charge in [-0.15, -0.1) is 0 Å². The fourth-order valence-corrected chi connectivity index (χ4v) is 3.80. The summed E-state index contributed by atoms with van der Waals surface area (Å²) in [6, 6.07) is 0.403. The van der Waals surface area contributed by atoms with E-state index in [2.05, 4.69) is 10.2 Å². The largest absolute Gasteiger partial charge is 0.336 e. The topological polar surface area (TPSA) is 73.0 Å². The molecule has 0 spiro atoms. The maximum atomic E-state index is 11.7. The molecule has 0 aromatic carbocycles. The Morgan fingerprint density at radius 3 is 2.43 bits per heavy atom. The maximum absolute atomic E-state index is 11.7. The predicted octanol–water partition coefficient (Wildman–Crippen LogP) is -0.242. The van der Waals surface area contributed by atoms with E-state index in [0.717, 1.165) is 45.6 Å². The molecule has 8 heteroatoms. The zero-order valence-corrected chi connectivity index (χ0v) is 13.7. The van der Waals surface area contributed by atoms with Crippen molar-refractivity contribution >= 4 is 16.1 Å². The SMILES string of the molecule is CN(C)S(=O)(=O)CCCN1CCC(N2CCNC2=O)CC1. The smallest absolute Gasteiger partial charge is 0.317 e. The molecule has 0 unspecified atom stereocenters. The summed E-state index contributed by atoms with van der Waals surface area (Å²) in [5.74, 6) is 0.203. The summed E-state index contributed by atoms with van der Waals surface area (Å²) in [4.78, 5) is 15.9. The summed E-state index contributed by atoms with van der Waals surface area (Å²) < 4.78 is 24.7. The molecule has 2 heterocycles. The first-order chi connectivity index (χ1) is 9.90. The third-order valence-electron chi connectivity index (χ3n) is 4.32. The minimum absolute atomic E-state index is 0.0607. The van der Waals surface area contributed by atoms with E-state index in [9.17, 15) is 13.2 Å². The van der Waals surface area contributed by atoms with Gasteiger partial charge in [-0.3, -0.25) is 0 Å². The fraction of sp³-hybridized carbons (Fsp3) is 0.923. The third kappa shape index (κ3) is 4.31. The molecule has 2 aliphatic rings. The molecular weight excluding hydrogens is 292 g/mol. The van der Waals surface area contributed by atoms with Gasteiger partial charge in [-0.05, 0) is 25.8 Å². The fourth-order valence-electron chi connectivity index (χ4n) is 2.94. The van der Waals surface area contributed by atoms with Gasteiger partial charge in [0.25, 0.3) is 0 Å². The number of nitrogens with one attached hydrogen (secondary N) is 1. The lowest BCUT2D eigenvalue weighted by atomic mass is 10.0. The molecule has 0 radical (unpaired) electrons. The van der Waals surface area contributed by atoms with Gasteiger partial charge in [0, 0.05) is 46.3 Å². The van der Waals surface area contributed by atoms with E-state index >= 15 is 0 Å². The van der Waals surface area contributed by atoms with Crippen molar-refractivity contribution in [2.75, 3.05) is 52.6 Å². The summed E-state index contributed by atoms with van der Waals surface area (Å²) in [5.41, 5.74) is 0. The van der Waals surface area contributed by atoms with Crippen molar-refractivity contribution < 1.29 is 13.2 Å². The highest BCUT2D eigenvalue weighted by molar-refractivity contribution is 7.89. The number of hydrogen-bond acceptors (Lipinski definition) is 4. The van der Waals surface area contributed by atoms with Crippen LogP contribution in [0.2, 0.25) is 0 Å². The lowest BCUT2D eigenvalue weighted by Gasteiger charge is -2.36. The molecule has 0 bridgehead atoms. The molecule has 2 aliphatic heterocycles. The van der Waals surface area contributed by atoms with Gasteiger partial charge < -0.3 is 15.1 Å². The van der Waals surface area contributed by atoms with Gasteiger partial charge in [-0.2, -0.15) is 0 Å². The quantitative estimate of drug-likeness (QED) is 0.733. The summed E-state index contributed by atoms with van der Waals surface area (Å²) in [5, 5.41) is 2.84. The first kappa shape index (κ1) is 16.5. The normalized spacial score (nSPS) is 22.0. The van der Waals surface area contributed by atoms with E-state index in [1.807, 2.05) is 4.90 Å². The molecule has 0 saturated carbocycles. The highest BCUT2D eigenvalue weighted by Gasteiger charge is 2.30. The van der Waals surface area contributed by atoms with Crippen LogP contribution in [-0.2, 0) is 10.0 Å². The molecule has 122 valence electrons. The van der Waals surface area contributed by atoms with E-state index in [4.69, 9.17) is 0 Å². The Morgan fingerprint density at radius 1 is 1.24 bits per heavy atom. The lowest BCUT2D eigenvalue weighted by Crippen LogP contribution is -2.46. The van der Waals surface area contributed by atoms with Crippen LogP contribution >= 0.6 is 0 Å². The number of amides is 2. The number of carbonyl (C=O) groups excluding carboxylic acids is 1. The van der Waals surface area contributed by atoms with Crippen molar-refractivity contribution in [2.45, 2.75) is 25.3 Å². The molecule has 1 N–H and O–H groups in total. The van der Waals surface area contributed by atoms with Crippen LogP contribution in [0.25, 0.3) is 0 Å². The van der Waals surface area contributed by atoms with Crippen LogP contribution < -0.4 is 5.32 Å². The Morgan fingerprint density at radius 2 is 1.90 bits per heavy atom. The van der Waals surface area contributed by atoms with Crippen molar-refractivity contribution in [1.82, 2.24) is 19.4 Å². The van der Waals surface area contributed by atoms with Crippen LogP contribution in [0.4, 0.5) is 4.79 Å². The van der Waals surface area contributed by atoms with Crippen molar-refractivity contribution in [1.29, 1.82) is 0 Å². The Kier molecular flexibility index (Phi) is 5.45. The highest BCUT2D eigenvalue weighted by Crippen LogP contribution is 2.18. The minimum Gasteiger partial charge on any atom is -0.336 e. The monoisotopic (exact) mass is 318 g/mol. The Bertz CT molecular complexity index is 458. The molecular formula is C13H26N4O3S. The zero-order valence-electron chi connectivity index (χ0n) is 12.9. The number of urea groups is 1. The molecule has 0 atom stereocenters. The van der Waals surface area contributed by atoms with Gasteiger partial charge in [0.2, 0.25) is 10.0 Å². The van der Waals surface area contributed by atoms with Gasteiger partial charge in [-0.1, -0.05) is 0 Å². The Hall–Kier alpha value is -0.860. The molecule has 0 aromatic heterocycles. The van der Waals surface area contributed by atoms with E-state index in [-0.39, 0.29) is 11.8 Å². The molecule has 2 fully saturated rings. The van der Waals surface area contributed by atoms with Gasteiger partial charge >= 0.3 is 6.03 Å². The standard InChI is InChI=1S/C13H26N4O3S/c1-15(2)21(19,20)11-3-7-16-8-4-12(5-9-16)17-10-6-14-13(17)18/h12H,3-11H2,1-2H3,(H,14,18). The Balaban J connectivity index is 1.69. The second-order valence-corrected chi connectivity index (χ2v) is 8.25. The van der Waals surface area contributed by atoms with E-state index in [0.29, 0.717) is 12.5 Å². The number of rotatable bonds is 6. The Labute approximate surface area is 127 Å². The number of sulfonamides is 1. The highest BCUT2D eigenvalue weighted by atomic mass is 32.2. The lowest BCUT2D eigenvalue weighted by molar-refractivity contribution is 0.136. The van der Waals surface area contributed by atoms with E-state index < -0.39 is 10.0 Å². The van der Waals surface area contributed by atoms with Gasteiger partial charge in [-0.25, -0.2) is 17.5 Å². The van der Waals surface area contributed by atoms with Crippen LogP contribution in [-0.4, -0.2) is 87.2 Å². The summed E-state index contributed by atoms with van der Waals surface area (Å²) in [6.45, 7) is 4.25. The second kappa shape index (κ2) is 6.93. The first-order valence-corrected chi connectivity index (χ1v) is 9.18. The van der Waals surface area contributed by atoms with Gasteiger partial charge in [0.15, 0.2) is 0 Å². The number of nitrogens with zero attached hydrogens (tertiary/aromatic N) is 3. The van der Waals surface area contributed by atoms with E-state index in [1.54, 1.807) is 14.1 Å². The zero-order chi connectivity index (χ0) is 15.5. The first-order valence-electron chi connectivity index (χ1n) is 7.57. The van der Waals surface area contributed by atoms with Crippen LogP contribution in [0.3, 0.4) is 0 Å². The van der Waals surface area contributed by atoms with Crippen LogP contribution in [0.5, 0.6) is 0 Å².